The van der Waals surface area contributed by atoms with Gasteiger partial charge in [-0.25, -0.2) is 4.98 Å². The molecule has 0 amide bonds. The minimum absolute atomic E-state index is 0.460. The second-order valence-corrected chi connectivity index (χ2v) is 4.83. The van der Waals surface area contributed by atoms with Gasteiger partial charge in [0.1, 0.15) is 5.82 Å². The summed E-state index contributed by atoms with van der Waals surface area (Å²) in [4.78, 5) is 19.8. The topological polar surface area (TPSA) is 36.4 Å². The second-order valence-electron chi connectivity index (χ2n) is 4.83. The van der Waals surface area contributed by atoms with Gasteiger partial charge < -0.3 is 9.80 Å². The number of piperazine rings is 1. The van der Waals surface area contributed by atoms with Crippen LogP contribution in [-0.4, -0.2) is 48.9 Å². The van der Waals surface area contributed by atoms with Crippen molar-refractivity contribution in [3.63, 3.8) is 0 Å². The van der Waals surface area contributed by atoms with Crippen LogP contribution in [0.15, 0.2) is 12.3 Å². The zero-order chi connectivity index (χ0) is 12.4. The lowest BCUT2D eigenvalue weighted by Crippen LogP contribution is -2.51. The lowest BCUT2D eigenvalue weighted by atomic mass is 10.1. The standard InChI is InChI=1S/C13H19N3O/c1-10-6-12(9-17)7-14-13(10)16-5-4-15(3)8-11(16)2/h6-7,9,11H,4-5,8H2,1-3H3. The summed E-state index contributed by atoms with van der Waals surface area (Å²) in [7, 11) is 2.14. The van der Waals surface area contributed by atoms with Crippen LogP contribution in [0.4, 0.5) is 5.82 Å². The SMILES string of the molecule is Cc1cc(C=O)cnc1N1CCN(C)CC1C. The number of hydrogen-bond donors (Lipinski definition) is 0. The number of nitrogens with zero attached hydrogens (tertiary/aromatic N) is 3. The van der Waals surface area contributed by atoms with Gasteiger partial charge in [0.25, 0.3) is 0 Å². The summed E-state index contributed by atoms with van der Waals surface area (Å²) in [6.45, 7) is 7.33. The molecule has 0 aliphatic carbocycles. The first kappa shape index (κ1) is 12.0. The summed E-state index contributed by atoms with van der Waals surface area (Å²) in [5.41, 5.74) is 1.72. The lowest BCUT2D eigenvalue weighted by molar-refractivity contribution is 0.112. The summed E-state index contributed by atoms with van der Waals surface area (Å²) in [5, 5.41) is 0. The first-order valence-corrected chi connectivity index (χ1v) is 5.99. The third-order valence-corrected chi connectivity index (χ3v) is 3.31. The Hall–Kier alpha value is -1.42. The number of anilines is 1. The van der Waals surface area contributed by atoms with E-state index in [2.05, 4.69) is 28.8 Å². The predicted molar refractivity (Wildman–Crippen MR) is 68.7 cm³/mol. The van der Waals surface area contributed by atoms with Crippen LogP contribution >= 0.6 is 0 Å². The molecule has 1 aromatic rings. The largest absolute Gasteiger partial charge is 0.351 e. The van der Waals surface area contributed by atoms with E-state index in [4.69, 9.17) is 0 Å². The minimum Gasteiger partial charge on any atom is -0.351 e. The molecule has 1 aromatic heterocycles. The number of aromatic nitrogens is 1. The molecule has 0 radical (unpaired) electrons. The molecular formula is C13H19N3O. The van der Waals surface area contributed by atoms with Gasteiger partial charge in [0.2, 0.25) is 0 Å². The number of aldehydes is 1. The number of carbonyl (C=O) groups is 1. The first-order valence-electron chi connectivity index (χ1n) is 5.99. The van der Waals surface area contributed by atoms with Gasteiger partial charge in [-0.3, -0.25) is 4.79 Å². The Morgan fingerprint density at radius 1 is 1.47 bits per heavy atom. The van der Waals surface area contributed by atoms with E-state index in [0.29, 0.717) is 11.6 Å². The second kappa shape index (κ2) is 4.84. The highest BCUT2D eigenvalue weighted by atomic mass is 16.1. The number of rotatable bonds is 2. The minimum atomic E-state index is 0.460. The maximum absolute atomic E-state index is 10.7. The highest BCUT2D eigenvalue weighted by Gasteiger charge is 2.23. The van der Waals surface area contributed by atoms with Crippen LogP contribution in [0.5, 0.6) is 0 Å². The Morgan fingerprint density at radius 2 is 2.24 bits per heavy atom. The molecule has 1 saturated heterocycles. The molecule has 1 aliphatic rings. The zero-order valence-corrected chi connectivity index (χ0v) is 10.7. The van der Waals surface area contributed by atoms with Crippen molar-refractivity contribution in [2.75, 3.05) is 31.6 Å². The van der Waals surface area contributed by atoms with Crippen molar-refractivity contribution in [3.8, 4) is 0 Å². The fourth-order valence-electron chi connectivity index (χ4n) is 2.41. The Labute approximate surface area is 102 Å². The van der Waals surface area contributed by atoms with E-state index in [-0.39, 0.29) is 0 Å². The average molecular weight is 233 g/mol. The van der Waals surface area contributed by atoms with Crippen molar-refractivity contribution in [2.45, 2.75) is 19.9 Å². The van der Waals surface area contributed by atoms with Crippen molar-refractivity contribution >= 4 is 12.1 Å². The third kappa shape index (κ3) is 2.47. The molecule has 1 aliphatic heterocycles. The van der Waals surface area contributed by atoms with Gasteiger partial charge >= 0.3 is 0 Å². The molecule has 0 N–H and O–H groups in total. The molecule has 2 heterocycles. The molecule has 4 heteroatoms. The molecule has 0 bridgehead atoms. The maximum atomic E-state index is 10.7. The Kier molecular flexibility index (Phi) is 3.43. The Bertz CT molecular complexity index is 419. The van der Waals surface area contributed by atoms with Crippen molar-refractivity contribution in [1.82, 2.24) is 9.88 Å². The fraction of sp³-hybridized carbons (Fsp3) is 0.538. The van der Waals surface area contributed by atoms with Crippen LogP contribution in [0.2, 0.25) is 0 Å². The molecular weight excluding hydrogens is 214 g/mol. The highest BCUT2D eigenvalue weighted by Crippen LogP contribution is 2.22. The van der Waals surface area contributed by atoms with E-state index in [0.717, 1.165) is 37.3 Å². The third-order valence-electron chi connectivity index (χ3n) is 3.31. The zero-order valence-electron chi connectivity index (χ0n) is 10.7. The van der Waals surface area contributed by atoms with Crippen LogP contribution in [0, 0.1) is 6.92 Å². The summed E-state index contributed by atoms with van der Waals surface area (Å²) >= 11 is 0. The Morgan fingerprint density at radius 3 is 2.82 bits per heavy atom. The lowest BCUT2D eigenvalue weighted by Gasteiger charge is -2.39. The van der Waals surface area contributed by atoms with Crippen LogP contribution < -0.4 is 4.90 Å². The van der Waals surface area contributed by atoms with E-state index >= 15 is 0 Å². The van der Waals surface area contributed by atoms with Gasteiger partial charge in [0, 0.05) is 37.4 Å². The number of likely N-dealkylation sites (N-methyl/N-ethyl adjacent to an activating group) is 1. The molecule has 17 heavy (non-hydrogen) atoms. The van der Waals surface area contributed by atoms with Crippen molar-refractivity contribution in [1.29, 1.82) is 0 Å². The number of pyridine rings is 1. The van der Waals surface area contributed by atoms with E-state index in [1.165, 1.54) is 0 Å². The maximum Gasteiger partial charge on any atom is 0.151 e. The molecule has 1 fully saturated rings. The normalized spacial score (nSPS) is 21.6. The van der Waals surface area contributed by atoms with Crippen molar-refractivity contribution in [3.05, 3.63) is 23.4 Å². The van der Waals surface area contributed by atoms with Gasteiger partial charge in [-0.2, -0.15) is 0 Å². The average Bonchev–Trinajstić information content (AvgIpc) is 2.30. The first-order chi connectivity index (χ1) is 8.11. The fourth-order valence-corrected chi connectivity index (χ4v) is 2.41. The van der Waals surface area contributed by atoms with Crippen molar-refractivity contribution < 1.29 is 4.79 Å². The highest BCUT2D eigenvalue weighted by molar-refractivity contribution is 5.75. The summed E-state index contributed by atoms with van der Waals surface area (Å²) in [6.07, 6.45) is 2.50. The summed E-state index contributed by atoms with van der Waals surface area (Å²) in [6, 6.07) is 2.36. The quantitative estimate of drug-likeness (QED) is 0.722. The molecule has 92 valence electrons. The van der Waals surface area contributed by atoms with Gasteiger partial charge in [0.15, 0.2) is 6.29 Å². The molecule has 1 atom stereocenters. The van der Waals surface area contributed by atoms with Gasteiger partial charge in [0.05, 0.1) is 0 Å². The number of carbonyl (C=O) groups excluding carboxylic acids is 1. The molecule has 1 unspecified atom stereocenters. The van der Waals surface area contributed by atoms with Gasteiger partial charge in [-0.05, 0) is 32.5 Å². The monoisotopic (exact) mass is 233 g/mol. The van der Waals surface area contributed by atoms with E-state index < -0.39 is 0 Å². The molecule has 4 nitrogen and oxygen atoms in total. The summed E-state index contributed by atoms with van der Waals surface area (Å²) < 4.78 is 0. The van der Waals surface area contributed by atoms with E-state index in [1.807, 2.05) is 13.0 Å². The van der Waals surface area contributed by atoms with Gasteiger partial charge in [-0.1, -0.05) is 0 Å². The molecule has 0 spiro atoms. The Balaban J connectivity index is 2.25. The molecule has 0 saturated carbocycles. The van der Waals surface area contributed by atoms with Crippen LogP contribution in [0.25, 0.3) is 0 Å². The smallest absolute Gasteiger partial charge is 0.151 e. The predicted octanol–water partition coefficient (Wildman–Crippen LogP) is 1.34. The number of hydrogen-bond acceptors (Lipinski definition) is 4. The van der Waals surface area contributed by atoms with E-state index in [9.17, 15) is 4.79 Å². The summed E-state index contributed by atoms with van der Waals surface area (Å²) in [5.74, 6) is 1.01. The van der Waals surface area contributed by atoms with Gasteiger partial charge in [-0.15, -0.1) is 0 Å². The van der Waals surface area contributed by atoms with Crippen molar-refractivity contribution in [2.24, 2.45) is 0 Å². The van der Waals surface area contributed by atoms with E-state index in [1.54, 1.807) is 6.20 Å². The molecule has 0 aromatic carbocycles. The van der Waals surface area contributed by atoms with Crippen LogP contribution in [0.1, 0.15) is 22.8 Å². The van der Waals surface area contributed by atoms with Crippen LogP contribution in [-0.2, 0) is 0 Å². The molecule has 2 rings (SSSR count). The number of aryl methyl sites for hydroxylation is 1. The van der Waals surface area contributed by atoms with Crippen LogP contribution in [0.3, 0.4) is 0 Å².